The number of alkyl halides is 3. The molecular formula is C12H13F3O2. The van der Waals surface area contributed by atoms with Crippen LogP contribution in [0.25, 0.3) is 0 Å². The number of para-hydroxylation sites is 1. The zero-order valence-corrected chi connectivity index (χ0v) is 9.38. The molecule has 1 aromatic rings. The molecule has 0 aromatic heterocycles. The summed E-state index contributed by atoms with van der Waals surface area (Å²) in [6.45, 7) is 1.91. The molecule has 0 unspecified atom stereocenters. The number of benzene rings is 1. The van der Waals surface area contributed by atoms with Gasteiger partial charge in [0.05, 0.1) is 5.56 Å². The maximum atomic E-state index is 12.1. The molecule has 0 aliphatic rings. The second-order valence-corrected chi connectivity index (χ2v) is 3.57. The first-order chi connectivity index (χ1) is 7.94. The quantitative estimate of drug-likeness (QED) is 0.735. The average Bonchev–Trinajstić information content (AvgIpc) is 2.24. The lowest BCUT2D eigenvalue weighted by molar-refractivity contribution is -0.274. The monoisotopic (exact) mass is 246 g/mol. The predicted octanol–water partition coefficient (Wildman–Crippen LogP) is 3.96. The van der Waals surface area contributed by atoms with Crippen molar-refractivity contribution in [2.75, 3.05) is 0 Å². The van der Waals surface area contributed by atoms with E-state index in [0.29, 0.717) is 6.42 Å². The summed E-state index contributed by atoms with van der Waals surface area (Å²) in [5, 5.41) is 0. The Morgan fingerprint density at radius 2 is 1.94 bits per heavy atom. The Balaban J connectivity index is 2.88. The fraction of sp³-hybridized carbons (Fsp3) is 0.417. The van der Waals surface area contributed by atoms with Crippen molar-refractivity contribution in [2.24, 2.45) is 0 Å². The van der Waals surface area contributed by atoms with Gasteiger partial charge in [-0.25, -0.2) is 0 Å². The van der Waals surface area contributed by atoms with E-state index in [-0.39, 0.29) is 17.8 Å². The summed E-state index contributed by atoms with van der Waals surface area (Å²) in [6, 6.07) is 5.41. The lowest BCUT2D eigenvalue weighted by Gasteiger charge is -2.12. The van der Waals surface area contributed by atoms with Crippen LogP contribution < -0.4 is 4.74 Å². The highest BCUT2D eigenvalue weighted by Crippen LogP contribution is 2.27. The second kappa shape index (κ2) is 5.70. The number of unbranched alkanes of at least 4 members (excludes halogenated alkanes) is 1. The number of halogens is 3. The average molecular weight is 246 g/mol. The van der Waals surface area contributed by atoms with Gasteiger partial charge in [-0.2, -0.15) is 0 Å². The minimum Gasteiger partial charge on any atom is -0.405 e. The van der Waals surface area contributed by atoms with Crippen molar-refractivity contribution in [3.05, 3.63) is 29.8 Å². The van der Waals surface area contributed by atoms with E-state index in [9.17, 15) is 18.0 Å². The van der Waals surface area contributed by atoms with E-state index in [1.165, 1.54) is 18.2 Å². The van der Waals surface area contributed by atoms with Crippen LogP contribution in [0, 0.1) is 0 Å². The van der Waals surface area contributed by atoms with Crippen molar-refractivity contribution in [2.45, 2.75) is 32.5 Å². The number of rotatable bonds is 5. The highest BCUT2D eigenvalue weighted by Gasteiger charge is 2.32. The van der Waals surface area contributed by atoms with E-state index in [2.05, 4.69) is 4.74 Å². The highest BCUT2D eigenvalue weighted by molar-refractivity contribution is 5.98. The van der Waals surface area contributed by atoms with Gasteiger partial charge in [-0.1, -0.05) is 25.5 Å². The van der Waals surface area contributed by atoms with E-state index in [1.807, 2.05) is 6.92 Å². The number of hydrogen-bond donors (Lipinski definition) is 0. The van der Waals surface area contributed by atoms with Crippen molar-refractivity contribution >= 4 is 5.78 Å². The Morgan fingerprint density at radius 3 is 2.53 bits per heavy atom. The second-order valence-electron chi connectivity index (χ2n) is 3.57. The van der Waals surface area contributed by atoms with Gasteiger partial charge < -0.3 is 4.74 Å². The van der Waals surface area contributed by atoms with Crippen LogP contribution in [0.3, 0.4) is 0 Å². The van der Waals surface area contributed by atoms with Gasteiger partial charge in [-0.15, -0.1) is 13.2 Å². The molecular weight excluding hydrogens is 233 g/mol. The molecule has 0 amide bonds. The number of ketones is 1. The first kappa shape index (κ1) is 13.5. The maximum absolute atomic E-state index is 12.1. The Labute approximate surface area is 97.4 Å². The Morgan fingerprint density at radius 1 is 1.29 bits per heavy atom. The first-order valence-corrected chi connectivity index (χ1v) is 5.32. The largest absolute Gasteiger partial charge is 0.573 e. The number of carbonyl (C=O) groups excluding carboxylic acids is 1. The molecule has 0 aliphatic carbocycles. The normalized spacial score (nSPS) is 11.3. The van der Waals surface area contributed by atoms with Gasteiger partial charge in [0.25, 0.3) is 0 Å². The fourth-order valence-corrected chi connectivity index (χ4v) is 1.38. The van der Waals surface area contributed by atoms with Gasteiger partial charge in [0.15, 0.2) is 5.78 Å². The van der Waals surface area contributed by atoms with Crippen LogP contribution in [0.1, 0.15) is 36.5 Å². The van der Waals surface area contributed by atoms with Gasteiger partial charge in [-0.05, 0) is 18.6 Å². The third-order valence-corrected chi connectivity index (χ3v) is 2.17. The minimum atomic E-state index is -4.78. The minimum absolute atomic E-state index is 0.0155. The molecule has 0 fully saturated rings. The van der Waals surface area contributed by atoms with Crippen LogP contribution in [0.5, 0.6) is 5.75 Å². The lowest BCUT2D eigenvalue weighted by Crippen LogP contribution is -2.19. The summed E-state index contributed by atoms with van der Waals surface area (Å²) in [6.07, 6.45) is -3.08. The molecule has 0 bridgehead atoms. The molecule has 0 heterocycles. The maximum Gasteiger partial charge on any atom is 0.573 e. The molecule has 17 heavy (non-hydrogen) atoms. The summed E-state index contributed by atoms with van der Waals surface area (Å²) in [5.41, 5.74) is -0.0155. The molecule has 5 heteroatoms. The van der Waals surface area contributed by atoms with Crippen molar-refractivity contribution in [1.29, 1.82) is 0 Å². The number of hydrogen-bond acceptors (Lipinski definition) is 2. The Bertz CT molecular complexity index is 386. The van der Waals surface area contributed by atoms with Crippen LogP contribution in [0.4, 0.5) is 13.2 Å². The molecule has 0 saturated heterocycles. The van der Waals surface area contributed by atoms with Crippen LogP contribution in [0.15, 0.2) is 24.3 Å². The smallest absolute Gasteiger partial charge is 0.405 e. The number of Topliss-reactive ketones (excluding diaryl/α,β-unsaturated/α-hetero) is 1. The molecule has 1 aromatic carbocycles. The summed E-state index contributed by atoms with van der Waals surface area (Å²) in [5.74, 6) is -0.757. The summed E-state index contributed by atoms with van der Waals surface area (Å²) in [7, 11) is 0. The van der Waals surface area contributed by atoms with Crippen LogP contribution in [-0.4, -0.2) is 12.1 Å². The van der Waals surface area contributed by atoms with Crippen molar-refractivity contribution in [1.82, 2.24) is 0 Å². The Hall–Kier alpha value is -1.52. The van der Waals surface area contributed by atoms with Crippen LogP contribution in [-0.2, 0) is 0 Å². The number of ether oxygens (including phenoxy) is 1. The fourth-order valence-electron chi connectivity index (χ4n) is 1.38. The molecule has 94 valence electrons. The zero-order chi connectivity index (χ0) is 12.9. The zero-order valence-electron chi connectivity index (χ0n) is 9.38. The molecule has 0 radical (unpaired) electrons. The molecule has 0 N–H and O–H groups in total. The van der Waals surface area contributed by atoms with Crippen LogP contribution in [0.2, 0.25) is 0 Å². The third kappa shape index (κ3) is 4.46. The van der Waals surface area contributed by atoms with Crippen molar-refractivity contribution in [3.8, 4) is 5.75 Å². The van der Waals surface area contributed by atoms with Gasteiger partial charge in [0, 0.05) is 6.42 Å². The van der Waals surface area contributed by atoms with Gasteiger partial charge in [0.1, 0.15) is 5.75 Å². The third-order valence-electron chi connectivity index (χ3n) is 2.17. The molecule has 0 saturated carbocycles. The standard InChI is InChI=1S/C12H13F3O2/c1-2-3-7-10(16)9-6-4-5-8-11(9)17-12(13,14)15/h4-6,8H,2-3,7H2,1H3. The molecule has 0 spiro atoms. The lowest BCUT2D eigenvalue weighted by atomic mass is 10.0. The van der Waals surface area contributed by atoms with E-state index in [1.54, 1.807) is 0 Å². The molecule has 0 atom stereocenters. The van der Waals surface area contributed by atoms with E-state index in [4.69, 9.17) is 0 Å². The highest BCUT2D eigenvalue weighted by atomic mass is 19.4. The summed E-state index contributed by atoms with van der Waals surface area (Å²) in [4.78, 5) is 11.7. The van der Waals surface area contributed by atoms with Crippen molar-refractivity contribution in [3.63, 3.8) is 0 Å². The molecule has 1 rings (SSSR count). The van der Waals surface area contributed by atoms with Gasteiger partial charge >= 0.3 is 6.36 Å². The Kier molecular flexibility index (Phi) is 4.54. The van der Waals surface area contributed by atoms with E-state index < -0.39 is 12.1 Å². The molecule has 2 nitrogen and oxygen atoms in total. The number of carbonyl (C=O) groups is 1. The van der Waals surface area contributed by atoms with Gasteiger partial charge in [-0.3, -0.25) is 4.79 Å². The summed E-state index contributed by atoms with van der Waals surface area (Å²) >= 11 is 0. The van der Waals surface area contributed by atoms with E-state index >= 15 is 0 Å². The first-order valence-electron chi connectivity index (χ1n) is 5.32. The molecule has 0 aliphatic heterocycles. The van der Waals surface area contributed by atoms with Crippen molar-refractivity contribution < 1.29 is 22.7 Å². The van der Waals surface area contributed by atoms with E-state index in [0.717, 1.165) is 12.5 Å². The predicted molar refractivity (Wildman–Crippen MR) is 57.0 cm³/mol. The van der Waals surface area contributed by atoms with Gasteiger partial charge in [0.2, 0.25) is 0 Å². The van der Waals surface area contributed by atoms with Crippen LogP contribution >= 0.6 is 0 Å². The topological polar surface area (TPSA) is 26.3 Å². The SMILES string of the molecule is CCCCC(=O)c1ccccc1OC(F)(F)F. The summed E-state index contributed by atoms with van der Waals surface area (Å²) < 4.78 is 40.1.